The number of aromatic nitrogens is 1. The summed E-state index contributed by atoms with van der Waals surface area (Å²) in [5, 5.41) is 5.79. The van der Waals surface area contributed by atoms with Crippen LogP contribution in [-0.4, -0.2) is 18.2 Å². The van der Waals surface area contributed by atoms with Crippen LogP contribution in [0.3, 0.4) is 0 Å². The molecule has 104 valence electrons. The highest BCUT2D eigenvalue weighted by atomic mass is 16.5. The number of methoxy groups -OCH3 is 1. The lowest BCUT2D eigenvalue weighted by Crippen LogP contribution is -2.11. The largest absolute Gasteiger partial charge is 0.453 e. The summed E-state index contributed by atoms with van der Waals surface area (Å²) in [4.78, 5) is 15.3. The number of ether oxygens (including phenoxy) is 1. The number of nitrogens with zero attached hydrogens (tertiary/aromatic N) is 1. The van der Waals surface area contributed by atoms with E-state index in [0.29, 0.717) is 11.5 Å². The second kappa shape index (κ2) is 6.06. The summed E-state index contributed by atoms with van der Waals surface area (Å²) in [5.41, 5.74) is 3.97. The number of hydrogen-bond donors (Lipinski definition) is 2. The summed E-state index contributed by atoms with van der Waals surface area (Å²) in [7, 11) is 1.32. The van der Waals surface area contributed by atoms with Gasteiger partial charge in [0.1, 0.15) is 5.82 Å². The van der Waals surface area contributed by atoms with Crippen molar-refractivity contribution >= 4 is 23.3 Å². The van der Waals surface area contributed by atoms with Crippen molar-refractivity contribution in [1.29, 1.82) is 0 Å². The number of anilines is 3. The number of aryl methyl sites for hydroxylation is 2. The van der Waals surface area contributed by atoms with E-state index in [1.54, 1.807) is 18.3 Å². The van der Waals surface area contributed by atoms with Crippen molar-refractivity contribution in [2.45, 2.75) is 13.8 Å². The topological polar surface area (TPSA) is 63.2 Å². The number of amides is 1. The van der Waals surface area contributed by atoms with E-state index in [1.165, 1.54) is 12.7 Å². The maximum Gasteiger partial charge on any atom is 0.411 e. The van der Waals surface area contributed by atoms with Gasteiger partial charge in [0.25, 0.3) is 0 Å². The maximum atomic E-state index is 11.1. The Morgan fingerprint density at radius 2 is 2.00 bits per heavy atom. The first-order valence-corrected chi connectivity index (χ1v) is 6.24. The monoisotopic (exact) mass is 271 g/mol. The van der Waals surface area contributed by atoms with Crippen LogP contribution in [0, 0.1) is 13.8 Å². The molecule has 1 amide bonds. The lowest BCUT2D eigenvalue weighted by molar-refractivity contribution is 0.187. The zero-order valence-electron chi connectivity index (χ0n) is 11.7. The number of rotatable bonds is 3. The molecule has 0 radical (unpaired) electrons. The number of carbonyl (C=O) groups is 1. The van der Waals surface area contributed by atoms with Crippen molar-refractivity contribution < 1.29 is 9.53 Å². The third-order valence-electron chi connectivity index (χ3n) is 2.84. The van der Waals surface area contributed by atoms with Gasteiger partial charge in [-0.05, 0) is 37.6 Å². The Morgan fingerprint density at radius 1 is 1.20 bits per heavy atom. The van der Waals surface area contributed by atoms with Gasteiger partial charge in [-0.1, -0.05) is 17.7 Å². The molecule has 0 bridgehead atoms. The molecule has 2 rings (SSSR count). The van der Waals surface area contributed by atoms with Gasteiger partial charge < -0.3 is 10.1 Å². The van der Waals surface area contributed by atoms with Gasteiger partial charge >= 0.3 is 6.09 Å². The second-order valence-corrected chi connectivity index (χ2v) is 4.49. The summed E-state index contributed by atoms with van der Waals surface area (Å²) in [6.07, 6.45) is 1.06. The molecule has 1 aromatic carbocycles. The molecular weight excluding hydrogens is 254 g/mol. The van der Waals surface area contributed by atoms with E-state index in [0.717, 1.165) is 11.3 Å². The van der Waals surface area contributed by atoms with Gasteiger partial charge in [-0.3, -0.25) is 5.32 Å². The highest BCUT2D eigenvalue weighted by Gasteiger charge is 2.03. The Morgan fingerprint density at radius 3 is 2.60 bits per heavy atom. The SMILES string of the molecule is COC(=O)Nc1ccc(Nc2ccc(C)cc2C)nc1. The first kappa shape index (κ1) is 13.9. The van der Waals surface area contributed by atoms with Crippen molar-refractivity contribution in [2.24, 2.45) is 0 Å². The normalized spacial score (nSPS) is 9.95. The van der Waals surface area contributed by atoms with Crippen molar-refractivity contribution in [3.8, 4) is 0 Å². The Labute approximate surface area is 118 Å². The summed E-state index contributed by atoms with van der Waals surface area (Å²) in [5.74, 6) is 0.715. The van der Waals surface area contributed by atoms with Crippen molar-refractivity contribution in [2.75, 3.05) is 17.7 Å². The molecule has 20 heavy (non-hydrogen) atoms. The number of benzene rings is 1. The maximum absolute atomic E-state index is 11.1. The van der Waals surface area contributed by atoms with Crippen LogP contribution in [0.5, 0.6) is 0 Å². The Hall–Kier alpha value is -2.56. The fraction of sp³-hybridized carbons (Fsp3) is 0.200. The van der Waals surface area contributed by atoms with E-state index in [2.05, 4.69) is 33.3 Å². The molecular formula is C15H17N3O2. The third kappa shape index (κ3) is 3.47. The predicted octanol–water partition coefficient (Wildman–Crippen LogP) is 3.62. The molecule has 0 spiro atoms. The summed E-state index contributed by atoms with van der Waals surface area (Å²) in [6, 6.07) is 9.73. The standard InChI is InChI=1S/C15H17N3O2/c1-10-4-6-13(11(2)8-10)18-14-7-5-12(9-16-14)17-15(19)20-3/h4-9H,1-3H3,(H,16,18)(H,17,19). The average molecular weight is 271 g/mol. The van der Waals surface area contributed by atoms with Crippen LogP contribution < -0.4 is 10.6 Å². The van der Waals surface area contributed by atoms with Gasteiger partial charge in [0.05, 0.1) is 19.0 Å². The minimum atomic E-state index is -0.512. The van der Waals surface area contributed by atoms with Gasteiger partial charge in [-0.15, -0.1) is 0 Å². The zero-order valence-corrected chi connectivity index (χ0v) is 11.7. The molecule has 0 atom stereocenters. The minimum Gasteiger partial charge on any atom is -0.453 e. The van der Waals surface area contributed by atoms with E-state index in [-0.39, 0.29) is 0 Å². The highest BCUT2D eigenvalue weighted by Crippen LogP contribution is 2.20. The Balaban J connectivity index is 2.08. The number of nitrogens with one attached hydrogen (secondary N) is 2. The lowest BCUT2D eigenvalue weighted by Gasteiger charge is -2.10. The van der Waals surface area contributed by atoms with Gasteiger partial charge in [-0.2, -0.15) is 0 Å². The van der Waals surface area contributed by atoms with Crippen LogP contribution in [0.15, 0.2) is 36.5 Å². The van der Waals surface area contributed by atoms with Crippen molar-refractivity contribution in [1.82, 2.24) is 4.98 Å². The zero-order chi connectivity index (χ0) is 14.5. The van der Waals surface area contributed by atoms with Crippen LogP contribution in [0.25, 0.3) is 0 Å². The van der Waals surface area contributed by atoms with Crippen LogP contribution >= 0.6 is 0 Å². The van der Waals surface area contributed by atoms with Gasteiger partial charge in [-0.25, -0.2) is 9.78 Å². The summed E-state index contributed by atoms with van der Waals surface area (Å²) >= 11 is 0. The van der Waals surface area contributed by atoms with Gasteiger partial charge in [0.2, 0.25) is 0 Å². The molecule has 0 saturated carbocycles. The fourth-order valence-electron chi connectivity index (χ4n) is 1.80. The first-order chi connectivity index (χ1) is 9.58. The molecule has 2 N–H and O–H groups in total. The number of hydrogen-bond acceptors (Lipinski definition) is 4. The molecule has 0 aliphatic rings. The number of carbonyl (C=O) groups excluding carboxylic acids is 1. The summed E-state index contributed by atoms with van der Waals surface area (Å²) < 4.78 is 4.51. The molecule has 2 aromatic rings. The third-order valence-corrected chi connectivity index (χ3v) is 2.84. The van der Waals surface area contributed by atoms with Crippen LogP contribution in [0.2, 0.25) is 0 Å². The second-order valence-electron chi connectivity index (χ2n) is 4.49. The molecule has 1 heterocycles. The van der Waals surface area contributed by atoms with E-state index in [4.69, 9.17) is 0 Å². The first-order valence-electron chi connectivity index (χ1n) is 6.24. The summed E-state index contributed by atoms with van der Waals surface area (Å²) in [6.45, 7) is 4.10. The quantitative estimate of drug-likeness (QED) is 0.895. The molecule has 0 aliphatic heterocycles. The molecule has 5 nitrogen and oxygen atoms in total. The van der Waals surface area contributed by atoms with Crippen molar-refractivity contribution in [3.63, 3.8) is 0 Å². The van der Waals surface area contributed by atoms with Crippen LogP contribution in [-0.2, 0) is 4.74 Å². The molecule has 5 heteroatoms. The molecule has 0 saturated heterocycles. The van der Waals surface area contributed by atoms with Crippen LogP contribution in [0.4, 0.5) is 22.0 Å². The van der Waals surface area contributed by atoms with E-state index in [9.17, 15) is 4.79 Å². The van der Waals surface area contributed by atoms with E-state index < -0.39 is 6.09 Å². The fourth-order valence-corrected chi connectivity index (χ4v) is 1.80. The highest BCUT2D eigenvalue weighted by molar-refractivity contribution is 5.84. The molecule has 1 aromatic heterocycles. The van der Waals surface area contributed by atoms with E-state index in [1.807, 2.05) is 19.1 Å². The van der Waals surface area contributed by atoms with Gasteiger partial charge in [0.15, 0.2) is 0 Å². The Kier molecular flexibility index (Phi) is 4.20. The Bertz CT molecular complexity index is 609. The van der Waals surface area contributed by atoms with Crippen LogP contribution in [0.1, 0.15) is 11.1 Å². The predicted molar refractivity (Wildman–Crippen MR) is 79.5 cm³/mol. The van der Waals surface area contributed by atoms with Gasteiger partial charge in [0, 0.05) is 5.69 Å². The molecule has 0 unspecified atom stereocenters. The van der Waals surface area contributed by atoms with Crippen molar-refractivity contribution in [3.05, 3.63) is 47.7 Å². The average Bonchev–Trinajstić information content (AvgIpc) is 2.44. The molecule has 0 aliphatic carbocycles. The number of pyridine rings is 1. The van der Waals surface area contributed by atoms with E-state index >= 15 is 0 Å². The minimum absolute atomic E-state index is 0.512. The molecule has 0 fully saturated rings. The lowest BCUT2D eigenvalue weighted by atomic mass is 10.1. The smallest absolute Gasteiger partial charge is 0.411 e.